The number of carbonyl (C=O) groups excluding carboxylic acids is 2. The molecule has 25 heavy (non-hydrogen) atoms. The third-order valence-corrected chi connectivity index (χ3v) is 3.73. The van der Waals surface area contributed by atoms with E-state index in [2.05, 4.69) is 5.32 Å². The van der Waals surface area contributed by atoms with Crippen molar-refractivity contribution in [2.45, 2.75) is 6.92 Å². The average Bonchev–Trinajstić information content (AvgIpc) is 2.55. The predicted octanol–water partition coefficient (Wildman–Crippen LogP) is 4.01. The Morgan fingerprint density at radius 1 is 1.20 bits per heavy atom. The number of nitro benzene ring substituents is 1. The number of rotatable bonds is 5. The van der Waals surface area contributed by atoms with Crippen molar-refractivity contribution in [1.29, 1.82) is 0 Å². The van der Waals surface area contributed by atoms with E-state index in [9.17, 15) is 19.7 Å². The number of nitrogens with zero attached hydrogens (tertiary/aromatic N) is 1. The van der Waals surface area contributed by atoms with E-state index in [0.29, 0.717) is 10.7 Å². The molecular weight excluding hydrogens is 371 g/mol. The van der Waals surface area contributed by atoms with Gasteiger partial charge in [-0.15, -0.1) is 0 Å². The first-order chi connectivity index (χ1) is 11.8. The van der Waals surface area contributed by atoms with Gasteiger partial charge < -0.3 is 10.1 Å². The van der Waals surface area contributed by atoms with Gasteiger partial charge in [-0.3, -0.25) is 14.9 Å². The molecule has 0 aliphatic heterocycles. The molecule has 2 aromatic rings. The number of ether oxygens (including phenoxy) is 1. The molecule has 9 heteroatoms. The molecule has 0 saturated carbocycles. The second-order valence-electron chi connectivity index (χ2n) is 5.01. The van der Waals surface area contributed by atoms with Gasteiger partial charge in [-0.1, -0.05) is 23.2 Å². The number of esters is 1. The van der Waals surface area contributed by atoms with Crippen LogP contribution >= 0.6 is 23.2 Å². The maximum atomic E-state index is 11.9. The highest BCUT2D eigenvalue weighted by Crippen LogP contribution is 2.25. The van der Waals surface area contributed by atoms with Crippen LogP contribution in [-0.4, -0.2) is 23.4 Å². The maximum absolute atomic E-state index is 11.9. The number of nitrogens with one attached hydrogen (secondary N) is 1. The molecule has 0 atom stereocenters. The van der Waals surface area contributed by atoms with E-state index in [0.717, 1.165) is 11.6 Å². The smallest absolute Gasteiger partial charge is 0.338 e. The first-order valence-electron chi connectivity index (χ1n) is 6.95. The van der Waals surface area contributed by atoms with Crippen molar-refractivity contribution in [3.8, 4) is 0 Å². The number of amides is 1. The molecule has 0 bridgehead atoms. The molecule has 0 aliphatic rings. The van der Waals surface area contributed by atoms with E-state index < -0.39 is 29.1 Å². The molecule has 1 amide bonds. The first-order valence-corrected chi connectivity index (χ1v) is 7.70. The number of aryl methyl sites for hydroxylation is 1. The van der Waals surface area contributed by atoms with Gasteiger partial charge in [-0.25, -0.2) is 4.79 Å². The normalized spacial score (nSPS) is 10.2. The molecule has 0 aromatic heterocycles. The Hall–Kier alpha value is -2.64. The molecule has 2 rings (SSSR count). The summed E-state index contributed by atoms with van der Waals surface area (Å²) in [5.41, 5.74) is 0.789. The average molecular weight is 383 g/mol. The van der Waals surface area contributed by atoms with Gasteiger partial charge in [0, 0.05) is 16.8 Å². The Kier molecular flexibility index (Phi) is 5.95. The summed E-state index contributed by atoms with van der Waals surface area (Å²) in [6.45, 7) is 1.22. The molecule has 0 fully saturated rings. The van der Waals surface area contributed by atoms with Crippen LogP contribution in [0.15, 0.2) is 36.4 Å². The molecule has 7 nitrogen and oxygen atoms in total. The van der Waals surface area contributed by atoms with Gasteiger partial charge in [-0.05, 0) is 42.8 Å². The lowest BCUT2D eigenvalue weighted by Crippen LogP contribution is -2.21. The largest absolute Gasteiger partial charge is 0.452 e. The van der Waals surface area contributed by atoms with Crippen molar-refractivity contribution >= 4 is 46.5 Å². The number of hydrogen-bond acceptors (Lipinski definition) is 5. The van der Waals surface area contributed by atoms with Gasteiger partial charge >= 0.3 is 5.97 Å². The van der Waals surface area contributed by atoms with Crippen LogP contribution in [0.3, 0.4) is 0 Å². The van der Waals surface area contributed by atoms with Gasteiger partial charge in [0.15, 0.2) is 6.61 Å². The summed E-state index contributed by atoms with van der Waals surface area (Å²) >= 11 is 11.5. The van der Waals surface area contributed by atoms with Crippen molar-refractivity contribution in [3.63, 3.8) is 0 Å². The van der Waals surface area contributed by atoms with Crippen LogP contribution in [-0.2, 0) is 9.53 Å². The Balaban J connectivity index is 1.98. The lowest BCUT2D eigenvalue weighted by atomic mass is 10.2. The van der Waals surface area contributed by atoms with Crippen molar-refractivity contribution in [2.24, 2.45) is 0 Å². The quantitative estimate of drug-likeness (QED) is 0.478. The zero-order chi connectivity index (χ0) is 18.6. The number of nitro groups is 1. The number of benzene rings is 2. The lowest BCUT2D eigenvalue weighted by molar-refractivity contribution is -0.384. The number of hydrogen-bond donors (Lipinski definition) is 1. The van der Waals surface area contributed by atoms with Crippen molar-refractivity contribution in [3.05, 3.63) is 67.7 Å². The van der Waals surface area contributed by atoms with Crippen LogP contribution in [0, 0.1) is 17.0 Å². The standard InChI is InChI=1S/C16H12Cl2N2O5/c1-9-6-11(17)3-5-13(9)19-15(21)8-25-16(22)10-2-4-12(18)14(7-10)20(23)24/h2-7H,8H2,1H3,(H,19,21). The van der Waals surface area contributed by atoms with E-state index in [1.807, 2.05) is 0 Å². The molecule has 0 saturated heterocycles. The number of carbonyl (C=O) groups is 2. The van der Waals surface area contributed by atoms with Crippen LogP contribution in [0.2, 0.25) is 10.0 Å². The Morgan fingerprint density at radius 2 is 1.92 bits per heavy atom. The Morgan fingerprint density at radius 3 is 2.56 bits per heavy atom. The second-order valence-corrected chi connectivity index (χ2v) is 5.85. The van der Waals surface area contributed by atoms with E-state index in [4.69, 9.17) is 27.9 Å². The fraction of sp³-hybridized carbons (Fsp3) is 0.125. The Bertz CT molecular complexity index is 854. The van der Waals surface area contributed by atoms with Gasteiger partial charge in [0.1, 0.15) is 5.02 Å². The maximum Gasteiger partial charge on any atom is 0.338 e. The van der Waals surface area contributed by atoms with Gasteiger partial charge in [0.2, 0.25) is 0 Å². The Labute approximate surface area is 152 Å². The molecule has 130 valence electrons. The van der Waals surface area contributed by atoms with Crippen LogP contribution in [0.4, 0.5) is 11.4 Å². The van der Waals surface area contributed by atoms with E-state index in [1.54, 1.807) is 25.1 Å². The SMILES string of the molecule is Cc1cc(Cl)ccc1NC(=O)COC(=O)c1ccc(Cl)c([N+](=O)[O-])c1. The highest BCUT2D eigenvalue weighted by atomic mass is 35.5. The highest BCUT2D eigenvalue weighted by Gasteiger charge is 2.18. The molecule has 0 heterocycles. The minimum absolute atomic E-state index is 0.0772. The number of anilines is 1. The molecular formula is C16H12Cl2N2O5. The third-order valence-electron chi connectivity index (χ3n) is 3.18. The summed E-state index contributed by atoms with van der Waals surface area (Å²) < 4.78 is 4.86. The zero-order valence-electron chi connectivity index (χ0n) is 12.9. The summed E-state index contributed by atoms with van der Waals surface area (Å²) in [7, 11) is 0. The molecule has 0 aliphatic carbocycles. The van der Waals surface area contributed by atoms with Crippen molar-refractivity contribution in [1.82, 2.24) is 0 Å². The predicted molar refractivity (Wildman–Crippen MR) is 93.2 cm³/mol. The monoisotopic (exact) mass is 382 g/mol. The molecule has 1 N–H and O–H groups in total. The summed E-state index contributed by atoms with van der Waals surface area (Å²) in [6.07, 6.45) is 0. The van der Waals surface area contributed by atoms with E-state index in [1.165, 1.54) is 12.1 Å². The fourth-order valence-electron chi connectivity index (χ4n) is 1.95. The van der Waals surface area contributed by atoms with Gasteiger partial charge in [-0.2, -0.15) is 0 Å². The topological polar surface area (TPSA) is 98.5 Å². The van der Waals surface area contributed by atoms with Crippen LogP contribution in [0.25, 0.3) is 0 Å². The summed E-state index contributed by atoms with van der Waals surface area (Å²) in [5.74, 6) is -1.43. The van der Waals surface area contributed by atoms with Crippen LogP contribution in [0.5, 0.6) is 0 Å². The summed E-state index contributed by atoms with van der Waals surface area (Å²) in [6, 6.07) is 8.40. The summed E-state index contributed by atoms with van der Waals surface area (Å²) in [4.78, 5) is 33.9. The third kappa shape index (κ3) is 4.91. The molecule has 0 radical (unpaired) electrons. The van der Waals surface area contributed by atoms with E-state index >= 15 is 0 Å². The van der Waals surface area contributed by atoms with Crippen molar-refractivity contribution in [2.75, 3.05) is 11.9 Å². The molecule has 0 unspecified atom stereocenters. The van der Waals surface area contributed by atoms with Gasteiger partial charge in [0.05, 0.1) is 10.5 Å². The second kappa shape index (κ2) is 7.96. The minimum atomic E-state index is -0.872. The lowest BCUT2D eigenvalue weighted by Gasteiger charge is -2.09. The number of halogens is 2. The fourth-order valence-corrected chi connectivity index (χ4v) is 2.36. The van der Waals surface area contributed by atoms with Crippen LogP contribution in [0.1, 0.15) is 15.9 Å². The molecule has 0 spiro atoms. The van der Waals surface area contributed by atoms with E-state index in [-0.39, 0.29) is 10.6 Å². The van der Waals surface area contributed by atoms with Crippen molar-refractivity contribution < 1.29 is 19.2 Å². The van der Waals surface area contributed by atoms with Gasteiger partial charge in [0.25, 0.3) is 11.6 Å². The zero-order valence-corrected chi connectivity index (χ0v) is 14.4. The first kappa shape index (κ1) is 18.7. The minimum Gasteiger partial charge on any atom is -0.452 e. The summed E-state index contributed by atoms with van der Waals surface area (Å²) in [5, 5.41) is 13.8. The molecule has 2 aromatic carbocycles. The van der Waals surface area contributed by atoms with Crippen LogP contribution < -0.4 is 5.32 Å². The highest BCUT2D eigenvalue weighted by molar-refractivity contribution is 6.32.